The average Bonchev–Trinajstić information content (AvgIpc) is 2.54. The molecule has 1 heterocycles. The molecule has 7 nitrogen and oxygen atoms in total. The number of primary amides is 1. The predicted octanol–water partition coefficient (Wildman–Crippen LogP) is 0.747. The summed E-state index contributed by atoms with van der Waals surface area (Å²) in [6.07, 6.45) is 1.68. The highest BCUT2D eigenvalue weighted by Gasteiger charge is 2.21. The number of nitrogens with one attached hydrogen (secondary N) is 1. The van der Waals surface area contributed by atoms with Crippen molar-refractivity contribution in [2.45, 2.75) is 19.0 Å². The molecule has 0 aliphatic carbocycles. The first-order valence-electron chi connectivity index (χ1n) is 7.04. The third kappa shape index (κ3) is 4.04. The molecule has 6 N–H and O–H groups in total. The smallest absolute Gasteiger partial charge is 0.326 e. The standard InChI is InChI=1S/C16H18N4O3/c17-9-11-12(6-7-19-14(11)15(18)21)20-13(16(22)23)8-10-4-2-1-3-5-10/h1-7,13H,8-9,17H2,(H2,18,21)(H,19,20)(H,22,23)/t13-/m0/s1. The minimum Gasteiger partial charge on any atom is -0.480 e. The van der Waals surface area contributed by atoms with Crippen LogP contribution in [0.5, 0.6) is 0 Å². The Bertz CT molecular complexity index is 704. The summed E-state index contributed by atoms with van der Waals surface area (Å²) in [6.45, 7) is 0.0200. The summed E-state index contributed by atoms with van der Waals surface area (Å²) < 4.78 is 0. The molecule has 0 bridgehead atoms. The van der Waals surface area contributed by atoms with E-state index in [2.05, 4.69) is 10.3 Å². The molecule has 0 fully saturated rings. The second kappa shape index (κ2) is 7.37. The van der Waals surface area contributed by atoms with Gasteiger partial charge in [0.05, 0.1) is 0 Å². The van der Waals surface area contributed by atoms with Gasteiger partial charge in [0.25, 0.3) is 5.91 Å². The van der Waals surface area contributed by atoms with Gasteiger partial charge in [0.15, 0.2) is 0 Å². The Morgan fingerprint density at radius 1 is 1.22 bits per heavy atom. The molecule has 0 aliphatic heterocycles. The molecule has 0 saturated heterocycles. The van der Waals surface area contributed by atoms with Crippen LogP contribution in [0.1, 0.15) is 21.6 Å². The van der Waals surface area contributed by atoms with E-state index in [1.807, 2.05) is 30.3 Å². The number of aromatic nitrogens is 1. The SMILES string of the molecule is NCc1c(N[C@@H](Cc2ccccc2)C(=O)O)ccnc1C(N)=O. The van der Waals surface area contributed by atoms with Crippen LogP contribution in [0.4, 0.5) is 5.69 Å². The lowest BCUT2D eigenvalue weighted by molar-refractivity contribution is -0.137. The minimum atomic E-state index is -1.01. The normalized spacial score (nSPS) is 11.7. The van der Waals surface area contributed by atoms with Gasteiger partial charge in [0, 0.05) is 30.4 Å². The number of nitrogens with two attached hydrogens (primary N) is 2. The van der Waals surface area contributed by atoms with Crippen molar-refractivity contribution in [3.63, 3.8) is 0 Å². The number of benzene rings is 1. The molecule has 120 valence electrons. The number of nitrogens with zero attached hydrogens (tertiary/aromatic N) is 1. The summed E-state index contributed by atoms with van der Waals surface area (Å²) >= 11 is 0. The van der Waals surface area contributed by atoms with E-state index < -0.39 is 17.9 Å². The maximum atomic E-state index is 11.5. The second-order valence-corrected chi connectivity index (χ2v) is 4.98. The average molecular weight is 314 g/mol. The Hall–Kier alpha value is -2.93. The number of pyridine rings is 1. The molecule has 0 radical (unpaired) electrons. The van der Waals surface area contributed by atoms with Crippen LogP contribution >= 0.6 is 0 Å². The molecule has 0 spiro atoms. The van der Waals surface area contributed by atoms with Crippen LogP contribution in [0, 0.1) is 0 Å². The maximum Gasteiger partial charge on any atom is 0.326 e. The lowest BCUT2D eigenvalue weighted by atomic mass is 10.0. The van der Waals surface area contributed by atoms with E-state index in [-0.39, 0.29) is 18.7 Å². The fraction of sp³-hybridized carbons (Fsp3) is 0.188. The maximum absolute atomic E-state index is 11.5. The van der Waals surface area contributed by atoms with Crippen LogP contribution in [0.25, 0.3) is 0 Å². The van der Waals surface area contributed by atoms with Crippen LogP contribution in [-0.4, -0.2) is 28.0 Å². The van der Waals surface area contributed by atoms with Gasteiger partial charge in [-0.25, -0.2) is 4.79 Å². The molecule has 0 unspecified atom stereocenters. The van der Waals surface area contributed by atoms with E-state index in [1.54, 1.807) is 6.07 Å². The highest BCUT2D eigenvalue weighted by molar-refractivity contribution is 5.94. The summed E-state index contributed by atoms with van der Waals surface area (Å²) in [6, 6.07) is 9.96. The molecule has 0 saturated carbocycles. The molecule has 7 heteroatoms. The third-order valence-electron chi connectivity index (χ3n) is 3.40. The Kier molecular flexibility index (Phi) is 5.27. The first-order valence-corrected chi connectivity index (χ1v) is 7.04. The van der Waals surface area contributed by atoms with Gasteiger partial charge in [0.1, 0.15) is 11.7 Å². The second-order valence-electron chi connectivity index (χ2n) is 4.98. The monoisotopic (exact) mass is 314 g/mol. The Labute approximate surface area is 133 Å². The number of hydrogen-bond acceptors (Lipinski definition) is 5. The number of aliphatic carboxylic acids is 1. The molecule has 23 heavy (non-hydrogen) atoms. The van der Waals surface area contributed by atoms with E-state index in [4.69, 9.17) is 11.5 Å². The van der Waals surface area contributed by atoms with Crippen molar-refractivity contribution in [2.24, 2.45) is 11.5 Å². The van der Waals surface area contributed by atoms with Crippen LogP contribution < -0.4 is 16.8 Å². The Balaban J connectivity index is 2.29. The number of rotatable bonds is 7. The fourth-order valence-electron chi connectivity index (χ4n) is 2.28. The van der Waals surface area contributed by atoms with Crippen molar-refractivity contribution < 1.29 is 14.7 Å². The summed E-state index contributed by atoms with van der Waals surface area (Å²) in [4.78, 5) is 26.8. The first kappa shape index (κ1) is 16.4. The lowest BCUT2D eigenvalue weighted by Crippen LogP contribution is -2.32. The van der Waals surface area contributed by atoms with Crippen molar-refractivity contribution in [2.75, 3.05) is 5.32 Å². The summed E-state index contributed by atoms with van der Waals surface area (Å²) in [5.41, 5.74) is 12.7. The van der Waals surface area contributed by atoms with Gasteiger partial charge in [-0.1, -0.05) is 30.3 Å². The molecular weight excluding hydrogens is 296 g/mol. The molecular formula is C16H18N4O3. The number of carboxylic acids is 1. The van der Waals surface area contributed by atoms with E-state index in [1.165, 1.54) is 6.20 Å². The van der Waals surface area contributed by atoms with Crippen LogP contribution in [0.3, 0.4) is 0 Å². The van der Waals surface area contributed by atoms with Gasteiger partial charge >= 0.3 is 5.97 Å². The van der Waals surface area contributed by atoms with Gasteiger partial charge in [-0.15, -0.1) is 0 Å². The number of carbonyl (C=O) groups excluding carboxylic acids is 1. The number of hydrogen-bond donors (Lipinski definition) is 4. The number of carboxylic acid groups (broad SMARTS) is 1. The first-order chi connectivity index (χ1) is 11.0. The Morgan fingerprint density at radius 2 is 1.91 bits per heavy atom. The van der Waals surface area contributed by atoms with Crippen LogP contribution in [-0.2, 0) is 17.8 Å². The molecule has 1 amide bonds. The highest BCUT2D eigenvalue weighted by atomic mass is 16.4. The Morgan fingerprint density at radius 3 is 2.48 bits per heavy atom. The molecule has 1 aromatic heterocycles. The highest BCUT2D eigenvalue weighted by Crippen LogP contribution is 2.19. The van der Waals surface area contributed by atoms with Gasteiger partial charge < -0.3 is 21.9 Å². The quantitative estimate of drug-likeness (QED) is 0.596. The van der Waals surface area contributed by atoms with Crippen molar-refractivity contribution in [1.82, 2.24) is 4.98 Å². The summed E-state index contributed by atoms with van der Waals surface area (Å²) in [5, 5.41) is 12.4. The van der Waals surface area contributed by atoms with Crippen LogP contribution in [0.15, 0.2) is 42.6 Å². The van der Waals surface area contributed by atoms with E-state index in [0.29, 0.717) is 11.3 Å². The summed E-state index contributed by atoms with van der Waals surface area (Å²) in [5.74, 6) is -1.71. The van der Waals surface area contributed by atoms with Gasteiger partial charge in [-0.05, 0) is 11.6 Å². The van der Waals surface area contributed by atoms with Crippen molar-refractivity contribution >= 4 is 17.6 Å². The predicted molar refractivity (Wildman–Crippen MR) is 85.8 cm³/mol. The van der Waals surface area contributed by atoms with E-state index in [9.17, 15) is 14.7 Å². The fourth-order valence-corrected chi connectivity index (χ4v) is 2.28. The summed E-state index contributed by atoms with van der Waals surface area (Å²) in [7, 11) is 0. The third-order valence-corrected chi connectivity index (χ3v) is 3.40. The molecule has 2 aromatic rings. The number of carbonyl (C=O) groups is 2. The topological polar surface area (TPSA) is 131 Å². The van der Waals surface area contributed by atoms with Crippen molar-refractivity contribution in [1.29, 1.82) is 0 Å². The van der Waals surface area contributed by atoms with E-state index >= 15 is 0 Å². The van der Waals surface area contributed by atoms with Crippen molar-refractivity contribution in [3.05, 3.63) is 59.4 Å². The zero-order valence-electron chi connectivity index (χ0n) is 12.4. The molecule has 0 aliphatic rings. The van der Waals surface area contributed by atoms with Crippen molar-refractivity contribution in [3.8, 4) is 0 Å². The van der Waals surface area contributed by atoms with Gasteiger partial charge in [0.2, 0.25) is 0 Å². The number of anilines is 1. The molecule has 2 rings (SSSR count). The van der Waals surface area contributed by atoms with Gasteiger partial charge in [-0.3, -0.25) is 9.78 Å². The zero-order valence-corrected chi connectivity index (χ0v) is 12.4. The largest absolute Gasteiger partial charge is 0.480 e. The van der Waals surface area contributed by atoms with Crippen LogP contribution in [0.2, 0.25) is 0 Å². The van der Waals surface area contributed by atoms with Gasteiger partial charge in [-0.2, -0.15) is 0 Å². The molecule has 1 aromatic carbocycles. The molecule has 1 atom stereocenters. The lowest BCUT2D eigenvalue weighted by Gasteiger charge is -2.19. The zero-order chi connectivity index (χ0) is 16.8. The minimum absolute atomic E-state index is 0.0200. The number of amides is 1. The van der Waals surface area contributed by atoms with E-state index in [0.717, 1.165) is 5.56 Å².